The summed E-state index contributed by atoms with van der Waals surface area (Å²) in [5.41, 5.74) is 0. The zero-order valence-corrected chi connectivity index (χ0v) is 25.8. The first-order chi connectivity index (χ1) is 18.0. The molecule has 0 fully saturated rings. The van der Waals surface area contributed by atoms with Crippen molar-refractivity contribution in [2.45, 2.75) is 123 Å². The molecule has 10 heteroatoms. The van der Waals surface area contributed by atoms with Crippen LogP contribution in [-0.4, -0.2) is 74.9 Å². The van der Waals surface area contributed by atoms with Gasteiger partial charge in [-0.05, 0) is 12.8 Å². The van der Waals surface area contributed by atoms with Gasteiger partial charge in [0.15, 0.2) is 6.10 Å². The second-order valence-corrected chi connectivity index (χ2v) is 12.6. The lowest BCUT2D eigenvalue weighted by Crippen LogP contribution is -2.37. The van der Waals surface area contributed by atoms with E-state index < -0.39 is 26.5 Å². The molecule has 0 saturated heterocycles. The molecule has 2 atom stereocenters. The molecule has 0 spiro atoms. The largest absolute Gasteiger partial charge is 0.472 e. The summed E-state index contributed by atoms with van der Waals surface area (Å²) in [7, 11) is 1.48. The zero-order valence-electron chi connectivity index (χ0n) is 24.9. The third-order valence-electron chi connectivity index (χ3n) is 6.14. The second-order valence-electron chi connectivity index (χ2n) is 11.1. The number of likely N-dealkylation sites (N-methyl/N-ethyl adjacent to an activating group) is 1. The topological polar surface area (TPSA) is 108 Å². The number of hydrogen-bond donors (Lipinski definition) is 1. The normalized spacial score (nSPS) is 14.2. The minimum atomic E-state index is -4.34. The number of carbonyl (C=O) groups excluding carboxylic acids is 2. The number of rotatable bonds is 26. The Labute approximate surface area is 232 Å². The average Bonchev–Trinajstić information content (AvgIpc) is 2.83. The number of hydrogen-bond acceptors (Lipinski definition) is 7. The maximum Gasteiger partial charge on any atom is 0.472 e. The summed E-state index contributed by atoms with van der Waals surface area (Å²) in [4.78, 5) is 34.6. The Kier molecular flexibility index (Phi) is 22.2. The van der Waals surface area contributed by atoms with Gasteiger partial charge < -0.3 is 18.9 Å². The Balaban J connectivity index is 4.55. The van der Waals surface area contributed by atoms with Crippen LogP contribution in [-0.2, 0) is 32.7 Å². The minimum absolute atomic E-state index is 0.0351. The molecule has 0 rings (SSSR count). The minimum Gasteiger partial charge on any atom is -0.462 e. The number of esters is 2. The lowest BCUT2D eigenvalue weighted by atomic mass is 10.1. The maximum atomic E-state index is 12.3. The van der Waals surface area contributed by atoms with Crippen molar-refractivity contribution < 1.29 is 42.1 Å². The van der Waals surface area contributed by atoms with Gasteiger partial charge in [0.2, 0.25) is 0 Å². The molecule has 0 bridgehead atoms. The molecule has 0 aromatic rings. The van der Waals surface area contributed by atoms with Crippen molar-refractivity contribution in [2.75, 3.05) is 47.5 Å². The van der Waals surface area contributed by atoms with Crippen molar-refractivity contribution >= 4 is 19.8 Å². The van der Waals surface area contributed by atoms with E-state index >= 15 is 0 Å². The fraction of sp³-hybridized carbons (Fsp3) is 0.929. The molecule has 1 N–H and O–H groups in total. The number of phosphoric acid groups is 1. The average molecular weight is 567 g/mol. The quantitative estimate of drug-likeness (QED) is 0.0543. The van der Waals surface area contributed by atoms with Gasteiger partial charge in [0.1, 0.15) is 19.8 Å². The number of nitrogens with zero attached hydrogens (tertiary/aromatic N) is 1. The summed E-state index contributed by atoms with van der Waals surface area (Å²) < 4.78 is 33.7. The van der Waals surface area contributed by atoms with Crippen LogP contribution in [0.4, 0.5) is 0 Å². The highest BCUT2D eigenvalue weighted by Gasteiger charge is 2.27. The van der Waals surface area contributed by atoms with Gasteiger partial charge in [-0.1, -0.05) is 90.9 Å². The molecule has 0 saturated carbocycles. The monoisotopic (exact) mass is 566 g/mol. The Morgan fingerprint density at radius 1 is 0.711 bits per heavy atom. The first-order valence-corrected chi connectivity index (χ1v) is 16.3. The molecule has 0 radical (unpaired) electrons. The molecule has 2 unspecified atom stereocenters. The predicted octanol–water partition coefficient (Wildman–Crippen LogP) is 6.56. The first-order valence-electron chi connectivity index (χ1n) is 14.8. The predicted molar refractivity (Wildman–Crippen MR) is 151 cm³/mol. The van der Waals surface area contributed by atoms with Crippen LogP contribution >= 0.6 is 7.82 Å². The summed E-state index contributed by atoms with van der Waals surface area (Å²) in [5, 5.41) is 0. The summed E-state index contributed by atoms with van der Waals surface area (Å²) in [6.45, 7) is 4.28. The van der Waals surface area contributed by atoms with Crippen LogP contribution in [0.2, 0.25) is 0 Å². The summed E-state index contributed by atoms with van der Waals surface area (Å²) in [6, 6.07) is 0. The fourth-order valence-corrected chi connectivity index (χ4v) is 4.46. The standard InChI is InChI=1S/C28H56NO8P/c1-6-8-10-12-14-15-17-18-20-27(30)34-24-26(37-28(31)21-19-16-13-11-9-7-2)25-36-38(32,33)35-23-22-29(3,4)5/h26H,6-25H2,1-5H3/p+1. The number of unbranched alkanes of at least 4 members (excludes halogenated alkanes) is 12. The van der Waals surface area contributed by atoms with Crippen LogP contribution in [0.15, 0.2) is 0 Å². The Bertz CT molecular complexity index is 653. The highest BCUT2D eigenvalue weighted by atomic mass is 31.2. The highest BCUT2D eigenvalue weighted by molar-refractivity contribution is 7.47. The molecular weight excluding hydrogens is 509 g/mol. The van der Waals surface area contributed by atoms with Crippen LogP contribution in [0.25, 0.3) is 0 Å². The van der Waals surface area contributed by atoms with Gasteiger partial charge in [0.25, 0.3) is 0 Å². The molecule has 38 heavy (non-hydrogen) atoms. The molecule has 0 aliphatic heterocycles. The van der Waals surface area contributed by atoms with Crippen molar-refractivity contribution in [1.29, 1.82) is 0 Å². The van der Waals surface area contributed by atoms with E-state index in [0.29, 0.717) is 23.9 Å². The molecule has 0 aromatic heterocycles. The van der Waals surface area contributed by atoms with Gasteiger partial charge in [0, 0.05) is 12.8 Å². The summed E-state index contributed by atoms with van der Waals surface area (Å²) in [5.74, 6) is -0.814. The van der Waals surface area contributed by atoms with Gasteiger partial charge >= 0.3 is 19.8 Å². The molecule has 0 aliphatic rings. The lowest BCUT2D eigenvalue weighted by Gasteiger charge is -2.24. The van der Waals surface area contributed by atoms with Crippen LogP contribution in [0, 0.1) is 0 Å². The smallest absolute Gasteiger partial charge is 0.462 e. The fourth-order valence-electron chi connectivity index (χ4n) is 3.72. The maximum absolute atomic E-state index is 12.3. The Morgan fingerprint density at radius 3 is 1.68 bits per heavy atom. The van der Waals surface area contributed by atoms with E-state index in [-0.39, 0.29) is 25.6 Å². The molecule has 0 amide bonds. The number of ether oxygens (including phenoxy) is 2. The van der Waals surface area contributed by atoms with E-state index in [4.69, 9.17) is 18.5 Å². The lowest BCUT2D eigenvalue weighted by molar-refractivity contribution is -0.870. The van der Waals surface area contributed by atoms with Gasteiger partial charge in [0.05, 0.1) is 27.7 Å². The summed E-state index contributed by atoms with van der Waals surface area (Å²) in [6.07, 6.45) is 14.8. The van der Waals surface area contributed by atoms with E-state index in [1.807, 2.05) is 21.1 Å². The number of carbonyl (C=O) groups is 2. The molecule has 9 nitrogen and oxygen atoms in total. The van der Waals surface area contributed by atoms with Crippen molar-refractivity contribution in [1.82, 2.24) is 0 Å². The van der Waals surface area contributed by atoms with E-state index in [9.17, 15) is 19.0 Å². The molecule has 0 aromatic carbocycles. The summed E-state index contributed by atoms with van der Waals surface area (Å²) >= 11 is 0. The first kappa shape index (κ1) is 37.0. The van der Waals surface area contributed by atoms with Crippen LogP contribution in [0.5, 0.6) is 0 Å². The number of quaternary nitrogens is 1. The van der Waals surface area contributed by atoms with Crippen molar-refractivity contribution in [3.8, 4) is 0 Å². The van der Waals surface area contributed by atoms with Crippen molar-refractivity contribution in [3.63, 3.8) is 0 Å². The molecule has 0 heterocycles. The SMILES string of the molecule is CCCCCCCCCCC(=O)OCC(COP(=O)(O)OCC[N+](C)(C)C)OC(=O)CCCCCCCC. The molecule has 0 aliphatic carbocycles. The van der Waals surface area contributed by atoms with Gasteiger partial charge in [-0.15, -0.1) is 0 Å². The Hall–Kier alpha value is -0.990. The van der Waals surface area contributed by atoms with Gasteiger partial charge in [-0.3, -0.25) is 18.6 Å². The highest BCUT2D eigenvalue weighted by Crippen LogP contribution is 2.43. The van der Waals surface area contributed by atoms with Crippen LogP contribution in [0.1, 0.15) is 117 Å². The van der Waals surface area contributed by atoms with Crippen LogP contribution < -0.4 is 0 Å². The van der Waals surface area contributed by atoms with Gasteiger partial charge in [-0.25, -0.2) is 4.57 Å². The molecular formula is C28H57NO8P+. The van der Waals surface area contributed by atoms with Crippen molar-refractivity contribution in [3.05, 3.63) is 0 Å². The van der Waals surface area contributed by atoms with E-state index in [0.717, 1.165) is 44.9 Å². The van der Waals surface area contributed by atoms with Crippen LogP contribution in [0.3, 0.4) is 0 Å². The third-order valence-corrected chi connectivity index (χ3v) is 7.12. The molecule has 226 valence electrons. The van der Waals surface area contributed by atoms with E-state index in [2.05, 4.69) is 13.8 Å². The second kappa shape index (κ2) is 22.8. The van der Waals surface area contributed by atoms with E-state index in [1.165, 1.54) is 38.5 Å². The van der Waals surface area contributed by atoms with Gasteiger partial charge in [-0.2, -0.15) is 0 Å². The zero-order chi connectivity index (χ0) is 28.7. The van der Waals surface area contributed by atoms with Crippen molar-refractivity contribution in [2.24, 2.45) is 0 Å². The third kappa shape index (κ3) is 25.3. The Morgan fingerprint density at radius 2 is 1.18 bits per heavy atom. The number of phosphoric ester groups is 1. The van der Waals surface area contributed by atoms with E-state index in [1.54, 1.807) is 0 Å².